The Bertz CT molecular complexity index is 646. The van der Waals surface area contributed by atoms with Crippen LogP contribution in [0.5, 0.6) is 0 Å². The van der Waals surface area contributed by atoms with Gasteiger partial charge < -0.3 is 0 Å². The molecule has 0 aromatic rings. The summed E-state index contributed by atoms with van der Waals surface area (Å²) in [6, 6.07) is 0. The minimum absolute atomic E-state index is 0.423. The van der Waals surface area contributed by atoms with E-state index in [0.717, 1.165) is 17.8 Å². The monoisotopic (exact) mass is 358 g/mol. The molecule has 4 fully saturated rings. The van der Waals surface area contributed by atoms with Crippen molar-refractivity contribution in [3.05, 3.63) is 0 Å². The molecule has 4 rings (SSSR count). The molecule has 0 N–H and O–H groups in total. The summed E-state index contributed by atoms with van der Waals surface area (Å²) in [6.45, 7) is 29.3. The highest BCUT2D eigenvalue weighted by molar-refractivity contribution is 5.36. The van der Waals surface area contributed by atoms with Gasteiger partial charge in [-0.1, -0.05) is 76.2 Å². The van der Waals surface area contributed by atoms with Gasteiger partial charge in [-0.05, 0) is 87.8 Å². The molecule has 9 atom stereocenters. The molecule has 9 unspecified atom stereocenters. The summed E-state index contributed by atoms with van der Waals surface area (Å²) in [5.41, 5.74) is 3.24. The molecule has 4 aliphatic rings. The van der Waals surface area contributed by atoms with Crippen molar-refractivity contribution >= 4 is 0 Å². The fraction of sp³-hybridized carbons (Fsp3) is 1.00. The van der Waals surface area contributed by atoms with Crippen LogP contribution in [0.4, 0.5) is 0 Å². The van der Waals surface area contributed by atoms with E-state index in [2.05, 4.69) is 76.2 Å². The molecule has 0 heterocycles. The molecule has 0 aliphatic heterocycles. The summed E-state index contributed by atoms with van der Waals surface area (Å²) in [7, 11) is 0. The van der Waals surface area contributed by atoms with Crippen molar-refractivity contribution in [2.24, 2.45) is 55.7 Å². The molecule has 0 aromatic carbocycles. The van der Waals surface area contributed by atoms with E-state index in [-0.39, 0.29) is 0 Å². The standard InChI is InChI=1S/C26H46/c1-17-12-21(6)13-18(2)15-24(9)25(10,23(21,8)14-17)19(3)16-22(7)20(4,5)26(22,24)11/h17-19H,12-16H2,1-11H3. The lowest BCUT2D eigenvalue weighted by Crippen LogP contribution is -2.62. The first-order valence-corrected chi connectivity index (χ1v) is 11.6. The van der Waals surface area contributed by atoms with E-state index in [1.165, 1.54) is 32.1 Å². The fourth-order valence-electron chi connectivity index (χ4n) is 11.3. The zero-order valence-corrected chi connectivity index (χ0v) is 19.8. The lowest BCUT2D eigenvalue weighted by atomic mass is 9.37. The van der Waals surface area contributed by atoms with Gasteiger partial charge in [0, 0.05) is 0 Å². The smallest absolute Gasteiger partial charge is 0.0150 e. The van der Waals surface area contributed by atoms with Gasteiger partial charge in [-0.3, -0.25) is 0 Å². The van der Waals surface area contributed by atoms with Crippen molar-refractivity contribution in [3.8, 4) is 0 Å². The van der Waals surface area contributed by atoms with Crippen LogP contribution in [-0.2, 0) is 0 Å². The Hall–Kier alpha value is 0. The topological polar surface area (TPSA) is 0 Å². The van der Waals surface area contributed by atoms with Gasteiger partial charge in [0.15, 0.2) is 0 Å². The van der Waals surface area contributed by atoms with Gasteiger partial charge in [0.05, 0.1) is 0 Å². The first-order chi connectivity index (χ1) is 11.6. The predicted molar refractivity (Wildman–Crippen MR) is 113 cm³/mol. The second-order valence-electron chi connectivity index (χ2n) is 13.6. The maximum atomic E-state index is 2.77. The van der Waals surface area contributed by atoms with E-state index in [4.69, 9.17) is 0 Å². The predicted octanol–water partition coefficient (Wildman–Crippen LogP) is 7.96. The normalized spacial score (nSPS) is 66.3. The summed E-state index contributed by atoms with van der Waals surface area (Å²) in [6.07, 6.45) is 7.20. The van der Waals surface area contributed by atoms with Crippen molar-refractivity contribution in [2.75, 3.05) is 0 Å². The van der Waals surface area contributed by atoms with Gasteiger partial charge in [-0.25, -0.2) is 0 Å². The van der Waals surface area contributed by atoms with Crippen LogP contribution in [0, 0.1) is 55.7 Å². The first kappa shape index (κ1) is 19.3. The lowest BCUT2D eigenvalue weighted by Gasteiger charge is -2.67. The Balaban J connectivity index is 2.01. The van der Waals surface area contributed by atoms with Gasteiger partial charge in [0.1, 0.15) is 0 Å². The van der Waals surface area contributed by atoms with Gasteiger partial charge in [0.25, 0.3) is 0 Å². The molecule has 4 aliphatic carbocycles. The molecule has 26 heavy (non-hydrogen) atoms. The highest BCUT2D eigenvalue weighted by Gasteiger charge is 2.89. The molecule has 0 radical (unpaired) electrons. The summed E-state index contributed by atoms with van der Waals surface area (Å²) < 4.78 is 0. The van der Waals surface area contributed by atoms with Gasteiger partial charge in [-0.2, -0.15) is 0 Å². The van der Waals surface area contributed by atoms with Gasteiger partial charge in [-0.15, -0.1) is 0 Å². The summed E-state index contributed by atoms with van der Waals surface area (Å²) in [4.78, 5) is 0. The van der Waals surface area contributed by atoms with Crippen LogP contribution in [0.1, 0.15) is 108 Å². The lowest BCUT2D eigenvalue weighted by molar-refractivity contribution is -0.198. The Labute approximate surface area is 164 Å². The molecule has 4 saturated carbocycles. The maximum absolute atomic E-state index is 2.77. The van der Waals surface area contributed by atoms with Crippen LogP contribution in [-0.4, -0.2) is 0 Å². The number of hydrogen-bond acceptors (Lipinski definition) is 0. The minimum atomic E-state index is 0.423. The third-order valence-electron chi connectivity index (χ3n) is 13.2. The third-order valence-corrected chi connectivity index (χ3v) is 13.2. The van der Waals surface area contributed by atoms with Crippen LogP contribution in [0.25, 0.3) is 0 Å². The molecule has 0 nitrogen and oxygen atoms in total. The molecule has 0 spiro atoms. The van der Waals surface area contributed by atoms with E-state index in [9.17, 15) is 0 Å². The zero-order chi connectivity index (χ0) is 19.8. The van der Waals surface area contributed by atoms with Crippen LogP contribution in [0.15, 0.2) is 0 Å². The highest BCUT2D eigenvalue weighted by atomic mass is 14.9. The Morgan fingerprint density at radius 3 is 1.50 bits per heavy atom. The Kier molecular flexibility index (Phi) is 3.41. The number of fused-ring (bicyclic) bond motifs is 5. The second-order valence-corrected chi connectivity index (χ2v) is 13.6. The zero-order valence-electron chi connectivity index (χ0n) is 19.8. The van der Waals surface area contributed by atoms with Gasteiger partial charge >= 0.3 is 0 Å². The van der Waals surface area contributed by atoms with Crippen LogP contribution in [0.2, 0.25) is 0 Å². The van der Waals surface area contributed by atoms with Gasteiger partial charge in [0.2, 0.25) is 0 Å². The second kappa shape index (κ2) is 4.59. The molecule has 150 valence electrons. The highest BCUT2D eigenvalue weighted by Crippen LogP contribution is 2.94. The number of rotatable bonds is 0. The van der Waals surface area contributed by atoms with E-state index in [0.29, 0.717) is 37.9 Å². The number of hydrogen-bond donors (Lipinski definition) is 0. The molecular formula is C26H46. The van der Waals surface area contributed by atoms with Crippen molar-refractivity contribution < 1.29 is 0 Å². The van der Waals surface area contributed by atoms with Crippen molar-refractivity contribution in [1.82, 2.24) is 0 Å². The first-order valence-electron chi connectivity index (χ1n) is 11.6. The molecule has 0 heteroatoms. The summed E-state index contributed by atoms with van der Waals surface area (Å²) in [5, 5.41) is 0. The third kappa shape index (κ3) is 1.50. The summed E-state index contributed by atoms with van der Waals surface area (Å²) >= 11 is 0. The average molecular weight is 359 g/mol. The Morgan fingerprint density at radius 2 is 1.00 bits per heavy atom. The quantitative estimate of drug-likeness (QED) is 0.412. The van der Waals surface area contributed by atoms with Crippen LogP contribution >= 0.6 is 0 Å². The van der Waals surface area contributed by atoms with E-state index in [1.54, 1.807) is 0 Å². The van der Waals surface area contributed by atoms with Crippen LogP contribution in [0.3, 0.4) is 0 Å². The molecule has 0 aromatic heterocycles. The fourth-order valence-corrected chi connectivity index (χ4v) is 11.3. The molecule has 0 bridgehead atoms. The summed E-state index contributed by atoms with van der Waals surface area (Å²) in [5.74, 6) is 2.54. The SMILES string of the molecule is CC1CC2(C)CC(C)CC3(C)C(C)(C(C)CC4(C)C(C)(C)C43C)C2(C)C1. The van der Waals surface area contributed by atoms with E-state index >= 15 is 0 Å². The van der Waals surface area contributed by atoms with Crippen molar-refractivity contribution in [3.63, 3.8) is 0 Å². The maximum Gasteiger partial charge on any atom is -0.0150 e. The van der Waals surface area contributed by atoms with Crippen molar-refractivity contribution in [2.45, 2.75) is 108 Å². The average Bonchev–Trinajstić information content (AvgIpc) is 2.72. The largest absolute Gasteiger partial charge is 0.0625 e. The van der Waals surface area contributed by atoms with Crippen molar-refractivity contribution in [1.29, 1.82) is 0 Å². The minimum Gasteiger partial charge on any atom is -0.0625 e. The molecule has 0 amide bonds. The molecule has 0 saturated heterocycles. The van der Waals surface area contributed by atoms with E-state index in [1.807, 2.05) is 0 Å². The Morgan fingerprint density at radius 1 is 0.538 bits per heavy atom. The van der Waals surface area contributed by atoms with Crippen LogP contribution < -0.4 is 0 Å². The molecular weight excluding hydrogens is 312 g/mol. The van der Waals surface area contributed by atoms with E-state index < -0.39 is 0 Å².